The number of anilines is 1. The van der Waals surface area contributed by atoms with Crippen molar-refractivity contribution in [2.75, 3.05) is 4.90 Å². The molecule has 1 atom stereocenters. The lowest BCUT2D eigenvalue weighted by Crippen LogP contribution is -2.50. The molecule has 1 aromatic rings. The Labute approximate surface area is 127 Å². The Hall–Kier alpha value is -0.620. The summed E-state index contributed by atoms with van der Waals surface area (Å²) in [4.78, 5) is 14.0. The maximum Gasteiger partial charge on any atom is 0.229 e. The van der Waals surface area contributed by atoms with Gasteiger partial charge in [0.2, 0.25) is 5.91 Å². The van der Waals surface area contributed by atoms with Crippen LogP contribution in [0.1, 0.15) is 38.5 Å². The summed E-state index contributed by atoms with van der Waals surface area (Å²) in [5, 5.41) is 10.4. The van der Waals surface area contributed by atoms with Gasteiger partial charge in [0.05, 0.1) is 0 Å². The van der Waals surface area contributed by atoms with Crippen LogP contribution in [0.25, 0.3) is 0 Å². The van der Waals surface area contributed by atoms with Crippen LogP contribution < -0.4 is 4.90 Å². The summed E-state index contributed by atoms with van der Waals surface area (Å²) in [5.74, 6) is 0.0712. The highest BCUT2D eigenvalue weighted by atomic mass is 127. The molecule has 0 radical (unpaired) electrons. The maximum atomic E-state index is 12.4. The van der Waals surface area contributed by atoms with Gasteiger partial charge in [0.15, 0.2) is 0 Å². The van der Waals surface area contributed by atoms with Gasteiger partial charge in [-0.25, -0.2) is 0 Å². The van der Waals surface area contributed by atoms with E-state index in [4.69, 9.17) is 0 Å². The van der Waals surface area contributed by atoms with E-state index < -0.39 is 6.23 Å². The molecule has 2 aliphatic rings. The molecule has 1 N–H and O–H groups in total. The van der Waals surface area contributed by atoms with Gasteiger partial charge in [0.1, 0.15) is 6.23 Å². The Balaban J connectivity index is 1.84. The first-order valence-electron chi connectivity index (χ1n) is 6.85. The smallest absolute Gasteiger partial charge is 0.229 e. The molecule has 2 fully saturated rings. The van der Waals surface area contributed by atoms with Crippen molar-refractivity contribution in [1.82, 2.24) is 0 Å². The van der Waals surface area contributed by atoms with Crippen molar-refractivity contribution in [2.24, 2.45) is 5.41 Å². The van der Waals surface area contributed by atoms with Gasteiger partial charge < -0.3 is 5.11 Å². The van der Waals surface area contributed by atoms with Crippen molar-refractivity contribution in [3.8, 4) is 0 Å². The normalized spacial score (nSPS) is 26.1. The number of hydrogen-bond donors (Lipinski definition) is 1. The summed E-state index contributed by atoms with van der Waals surface area (Å²) in [6, 6.07) is 7.76. The molecule has 3 rings (SSSR count). The van der Waals surface area contributed by atoms with Gasteiger partial charge >= 0.3 is 0 Å². The molecule has 1 spiro atoms. The minimum atomic E-state index is -0.667. The van der Waals surface area contributed by atoms with Crippen molar-refractivity contribution in [1.29, 1.82) is 0 Å². The van der Waals surface area contributed by atoms with Crippen LogP contribution in [-0.2, 0) is 4.79 Å². The Morgan fingerprint density at radius 3 is 2.42 bits per heavy atom. The fourth-order valence-electron chi connectivity index (χ4n) is 3.55. The number of hydrogen-bond acceptors (Lipinski definition) is 2. The number of nitrogens with zero attached hydrogens (tertiary/aromatic N) is 1. The molecule has 1 aliphatic carbocycles. The third-order valence-corrected chi connectivity index (χ3v) is 5.20. The highest BCUT2D eigenvalue weighted by Crippen LogP contribution is 2.48. The standard InChI is InChI=1S/C15H18INO2/c16-11-3-5-12(6-4-11)17-13(18)9-15(10-14(17)19)7-1-2-8-15/h3-6,13,18H,1-2,7-10H2. The molecular formula is C15H18INO2. The van der Waals surface area contributed by atoms with E-state index >= 15 is 0 Å². The topological polar surface area (TPSA) is 40.5 Å². The first kappa shape index (κ1) is 13.4. The predicted molar refractivity (Wildman–Crippen MR) is 82.8 cm³/mol. The average molecular weight is 371 g/mol. The molecule has 0 aromatic heterocycles. The van der Waals surface area contributed by atoms with Crippen LogP contribution in [0.15, 0.2) is 24.3 Å². The van der Waals surface area contributed by atoms with E-state index in [-0.39, 0.29) is 11.3 Å². The van der Waals surface area contributed by atoms with Crippen LogP contribution in [0.2, 0.25) is 0 Å². The first-order chi connectivity index (χ1) is 9.10. The molecule has 1 heterocycles. The zero-order valence-electron chi connectivity index (χ0n) is 10.8. The van der Waals surface area contributed by atoms with Crippen LogP contribution >= 0.6 is 22.6 Å². The van der Waals surface area contributed by atoms with Gasteiger partial charge in [-0.15, -0.1) is 0 Å². The highest BCUT2D eigenvalue weighted by molar-refractivity contribution is 14.1. The molecule has 102 valence electrons. The van der Waals surface area contributed by atoms with Crippen LogP contribution in [-0.4, -0.2) is 17.2 Å². The van der Waals surface area contributed by atoms with Gasteiger partial charge in [-0.2, -0.15) is 0 Å². The monoisotopic (exact) mass is 371 g/mol. The van der Waals surface area contributed by atoms with Crippen LogP contribution in [0.5, 0.6) is 0 Å². The maximum absolute atomic E-state index is 12.4. The summed E-state index contributed by atoms with van der Waals surface area (Å²) >= 11 is 2.24. The average Bonchev–Trinajstić information content (AvgIpc) is 2.78. The quantitative estimate of drug-likeness (QED) is 0.770. The van der Waals surface area contributed by atoms with Crippen LogP contribution in [0, 0.1) is 8.99 Å². The number of aliphatic hydroxyl groups is 1. The number of piperidine rings is 1. The van der Waals surface area contributed by atoms with Crippen LogP contribution in [0.3, 0.4) is 0 Å². The summed E-state index contributed by atoms with van der Waals surface area (Å²) < 4.78 is 1.13. The molecule has 0 bridgehead atoms. The summed E-state index contributed by atoms with van der Waals surface area (Å²) in [6.45, 7) is 0. The molecule has 1 unspecified atom stereocenters. The largest absolute Gasteiger partial charge is 0.373 e. The zero-order valence-corrected chi connectivity index (χ0v) is 13.0. The van der Waals surface area contributed by atoms with Crippen molar-refractivity contribution in [3.63, 3.8) is 0 Å². The van der Waals surface area contributed by atoms with Gasteiger partial charge in [-0.1, -0.05) is 12.8 Å². The zero-order chi connectivity index (χ0) is 13.5. The molecule has 1 saturated carbocycles. The van der Waals surface area contributed by atoms with E-state index in [9.17, 15) is 9.90 Å². The Bertz CT molecular complexity index is 479. The number of halogens is 1. The number of aliphatic hydroxyl groups excluding tert-OH is 1. The van der Waals surface area contributed by atoms with Crippen molar-refractivity contribution in [3.05, 3.63) is 27.8 Å². The predicted octanol–water partition coefficient (Wildman–Crippen LogP) is 3.30. The molecule has 19 heavy (non-hydrogen) atoms. The number of amides is 1. The summed E-state index contributed by atoms with van der Waals surface area (Å²) in [6.07, 6.45) is 5.24. The molecule has 1 aromatic carbocycles. The molecule has 1 saturated heterocycles. The molecule has 1 aliphatic heterocycles. The third-order valence-electron chi connectivity index (χ3n) is 4.48. The second-order valence-corrected chi connectivity index (χ2v) is 7.05. The summed E-state index contributed by atoms with van der Waals surface area (Å²) in [7, 11) is 0. The van der Waals surface area contributed by atoms with E-state index in [2.05, 4.69) is 22.6 Å². The fourth-order valence-corrected chi connectivity index (χ4v) is 3.91. The molecule has 3 nitrogen and oxygen atoms in total. The Morgan fingerprint density at radius 2 is 1.84 bits per heavy atom. The van der Waals surface area contributed by atoms with Crippen molar-refractivity contribution in [2.45, 2.75) is 44.8 Å². The Morgan fingerprint density at radius 1 is 1.21 bits per heavy atom. The summed E-state index contributed by atoms with van der Waals surface area (Å²) in [5.41, 5.74) is 0.890. The van der Waals surface area contributed by atoms with E-state index in [1.165, 1.54) is 12.8 Å². The second kappa shape index (κ2) is 5.05. The Kier molecular flexibility index (Phi) is 3.55. The molecule has 1 amide bonds. The second-order valence-electron chi connectivity index (χ2n) is 5.81. The van der Waals surface area contributed by atoms with E-state index in [1.54, 1.807) is 4.90 Å². The first-order valence-corrected chi connectivity index (χ1v) is 7.93. The lowest BCUT2D eigenvalue weighted by Gasteiger charge is -2.42. The van der Waals surface area contributed by atoms with Crippen molar-refractivity contribution < 1.29 is 9.90 Å². The number of rotatable bonds is 1. The minimum absolute atomic E-state index is 0.0712. The van der Waals surface area contributed by atoms with E-state index in [0.29, 0.717) is 6.42 Å². The van der Waals surface area contributed by atoms with E-state index in [1.807, 2.05) is 24.3 Å². The highest BCUT2D eigenvalue weighted by Gasteiger charge is 2.45. The molecular weight excluding hydrogens is 353 g/mol. The third kappa shape index (κ3) is 2.52. The molecule has 4 heteroatoms. The number of carbonyl (C=O) groups excluding carboxylic acids is 1. The lowest BCUT2D eigenvalue weighted by atomic mass is 9.76. The van der Waals surface area contributed by atoms with Gasteiger partial charge in [0.25, 0.3) is 0 Å². The fraction of sp³-hybridized carbons (Fsp3) is 0.533. The lowest BCUT2D eigenvalue weighted by molar-refractivity contribution is -0.127. The SMILES string of the molecule is O=C1CC2(CCCC2)CC(O)N1c1ccc(I)cc1. The van der Waals surface area contributed by atoms with Gasteiger partial charge in [-0.05, 0) is 71.5 Å². The number of benzene rings is 1. The van der Waals surface area contributed by atoms with Gasteiger partial charge in [-0.3, -0.25) is 9.69 Å². The van der Waals surface area contributed by atoms with Crippen molar-refractivity contribution >= 4 is 34.2 Å². The number of carbonyl (C=O) groups is 1. The minimum Gasteiger partial charge on any atom is -0.373 e. The van der Waals surface area contributed by atoms with Crippen LogP contribution in [0.4, 0.5) is 5.69 Å². The van der Waals surface area contributed by atoms with E-state index in [0.717, 1.165) is 28.5 Å². The van der Waals surface area contributed by atoms with Gasteiger partial charge in [0, 0.05) is 15.7 Å².